The van der Waals surface area contributed by atoms with Gasteiger partial charge in [0.2, 0.25) is 5.95 Å². The molecule has 2 heterocycles. The lowest BCUT2D eigenvalue weighted by molar-refractivity contribution is -0.120. The monoisotopic (exact) mass is 343 g/mol. The summed E-state index contributed by atoms with van der Waals surface area (Å²) in [5.74, 6) is -1.67. The first-order valence-corrected chi connectivity index (χ1v) is 7.54. The minimum Gasteiger partial charge on any atom is -0.384 e. The van der Waals surface area contributed by atoms with E-state index in [0.717, 1.165) is 6.20 Å². The number of anilines is 1. The third-order valence-corrected chi connectivity index (χ3v) is 3.91. The van der Waals surface area contributed by atoms with E-state index >= 15 is 0 Å². The zero-order valence-corrected chi connectivity index (χ0v) is 13.1. The minimum absolute atomic E-state index is 0.0345. The molecule has 0 aliphatic heterocycles. The maximum atomic E-state index is 13.9. The molecular weight excluding hydrogens is 328 g/mol. The largest absolute Gasteiger partial charge is 0.384 e. The van der Waals surface area contributed by atoms with Gasteiger partial charge in [-0.3, -0.25) is 9.78 Å². The molecule has 0 unspecified atom stereocenters. The molecule has 2 aromatic rings. The van der Waals surface area contributed by atoms with Gasteiger partial charge in [0.1, 0.15) is 11.7 Å². The molecule has 128 valence electrons. The maximum Gasteiger partial charge on any atom is 0.258 e. The number of carbonyl (C=O) groups is 1. The summed E-state index contributed by atoms with van der Waals surface area (Å²) in [6.07, 6.45) is 7.66. The van der Waals surface area contributed by atoms with E-state index in [1.54, 1.807) is 6.07 Å². The first-order valence-electron chi connectivity index (χ1n) is 7.54. The number of aromatic nitrogens is 2. The molecule has 25 heavy (non-hydrogen) atoms. The van der Waals surface area contributed by atoms with Crippen LogP contribution in [-0.4, -0.2) is 21.7 Å². The second-order valence-corrected chi connectivity index (χ2v) is 5.62. The Kier molecular flexibility index (Phi) is 4.51. The van der Waals surface area contributed by atoms with Crippen LogP contribution in [0.3, 0.4) is 0 Å². The molecule has 3 N–H and O–H groups in total. The van der Waals surface area contributed by atoms with Crippen molar-refractivity contribution >= 4 is 17.4 Å². The molecule has 2 aromatic heterocycles. The van der Waals surface area contributed by atoms with E-state index < -0.39 is 23.1 Å². The topological polar surface area (TPSA) is 93.3 Å². The molecule has 0 aromatic carbocycles. The zero-order valence-electron chi connectivity index (χ0n) is 13.1. The van der Waals surface area contributed by atoms with Crippen molar-refractivity contribution in [3.63, 3.8) is 0 Å². The summed E-state index contributed by atoms with van der Waals surface area (Å²) in [5, 5.41) is 2.78. The first-order chi connectivity index (χ1) is 12.0. The quantitative estimate of drug-likeness (QED) is 0.494. The average Bonchev–Trinajstić information content (AvgIpc) is 3.37. The summed E-state index contributed by atoms with van der Waals surface area (Å²) >= 11 is 0. The van der Waals surface area contributed by atoms with Gasteiger partial charge >= 0.3 is 0 Å². The van der Waals surface area contributed by atoms with Crippen LogP contribution in [0.4, 0.5) is 14.5 Å². The van der Waals surface area contributed by atoms with E-state index in [2.05, 4.69) is 20.3 Å². The number of hydrogen-bond donors (Lipinski definition) is 2. The van der Waals surface area contributed by atoms with Gasteiger partial charge in [0, 0.05) is 35.9 Å². The van der Waals surface area contributed by atoms with Crippen molar-refractivity contribution in [2.24, 2.45) is 10.7 Å². The van der Waals surface area contributed by atoms with Crippen molar-refractivity contribution in [3.05, 3.63) is 66.4 Å². The summed E-state index contributed by atoms with van der Waals surface area (Å²) in [4.78, 5) is 23.4. The second kappa shape index (κ2) is 6.76. The molecule has 0 spiro atoms. The Labute approximate surface area is 142 Å². The maximum absolute atomic E-state index is 13.9. The number of rotatable bonds is 5. The lowest BCUT2D eigenvalue weighted by atomic mass is 9.96. The van der Waals surface area contributed by atoms with Gasteiger partial charge in [-0.2, -0.15) is 9.38 Å². The number of aliphatic imine (C=N–C) groups is 1. The van der Waals surface area contributed by atoms with Crippen LogP contribution < -0.4 is 11.1 Å². The van der Waals surface area contributed by atoms with Gasteiger partial charge in [0.15, 0.2) is 0 Å². The van der Waals surface area contributed by atoms with Gasteiger partial charge in [0.05, 0.1) is 11.6 Å². The lowest BCUT2D eigenvalue weighted by Crippen LogP contribution is -2.23. The normalized spacial score (nSPS) is 16.0. The van der Waals surface area contributed by atoms with Gasteiger partial charge in [-0.15, -0.1) is 0 Å². The van der Waals surface area contributed by atoms with E-state index in [0.29, 0.717) is 24.1 Å². The van der Waals surface area contributed by atoms with Gasteiger partial charge in [-0.25, -0.2) is 9.37 Å². The standard InChI is InChI=1S/C17H15F2N5O/c18-13-10-21-6-2-12(13)17(4-5-17)16(25)24-15(20)3-8-22-11-1-7-23-14(19)9-11/h1-3,6-10H,4-5H2,(H,22,23)(H2,20,24,25)/b8-3-. The molecular formula is C17H15F2N5O. The summed E-state index contributed by atoms with van der Waals surface area (Å²) in [6, 6.07) is 4.26. The number of amides is 1. The summed E-state index contributed by atoms with van der Waals surface area (Å²) in [7, 11) is 0. The van der Waals surface area contributed by atoms with Crippen molar-refractivity contribution < 1.29 is 13.6 Å². The average molecular weight is 343 g/mol. The van der Waals surface area contributed by atoms with E-state index in [-0.39, 0.29) is 5.84 Å². The predicted molar refractivity (Wildman–Crippen MR) is 88.7 cm³/mol. The van der Waals surface area contributed by atoms with Gasteiger partial charge in [-0.05, 0) is 31.1 Å². The second-order valence-electron chi connectivity index (χ2n) is 5.62. The highest BCUT2D eigenvalue weighted by atomic mass is 19.1. The highest BCUT2D eigenvalue weighted by Crippen LogP contribution is 2.49. The number of halogens is 2. The van der Waals surface area contributed by atoms with Crippen LogP contribution in [0.25, 0.3) is 0 Å². The van der Waals surface area contributed by atoms with Crippen LogP contribution in [0.1, 0.15) is 18.4 Å². The highest BCUT2D eigenvalue weighted by molar-refractivity contribution is 6.04. The van der Waals surface area contributed by atoms with Gasteiger partial charge < -0.3 is 11.1 Å². The number of amidine groups is 1. The van der Waals surface area contributed by atoms with Crippen LogP contribution in [0.15, 0.2) is 54.1 Å². The zero-order chi connectivity index (χ0) is 17.9. The summed E-state index contributed by atoms with van der Waals surface area (Å²) < 4.78 is 26.8. The van der Waals surface area contributed by atoms with Crippen LogP contribution >= 0.6 is 0 Å². The molecule has 0 bridgehead atoms. The Morgan fingerprint density at radius 2 is 2.12 bits per heavy atom. The SMILES string of the molecule is NC(/C=C\Nc1ccnc(F)c1)=NC(=O)C1(c2ccncc2F)CC1. The molecule has 1 aliphatic rings. The number of carbonyl (C=O) groups excluding carboxylic acids is 1. The Morgan fingerprint density at radius 1 is 1.32 bits per heavy atom. The molecule has 0 atom stereocenters. The molecule has 0 radical (unpaired) electrons. The minimum atomic E-state index is -0.951. The van der Waals surface area contributed by atoms with Crippen molar-refractivity contribution in [1.82, 2.24) is 9.97 Å². The summed E-state index contributed by atoms with van der Waals surface area (Å²) in [5.41, 5.74) is 5.53. The Morgan fingerprint density at radius 3 is 2.80 bits per heavy atom. The van der Waals surface area contributed by atoms with E-state index in [1.807, 2.05) is 0 Å². The Balaban J connectivity index is 1.69. The third-order valence-electron chi connectivity index (χ3n) is 3.91. The van der Waals surface area contributed by atoms with E-state index in [9.17, 15) is 13.6 Å². The number of nitrogens with zero attached hydrogens (tertiary/aromatic N) is 3. The van der Waals surface area contributed by atoms with Crippen molar-refractivity contribution in [1.29, 1.82) is 0 Å². The molecule has 6 nitrogen and oxygen atoms in total. The van der Waals surface area contributed by atoms with Crippen LogP contribution in [0.2, 0.25) is 0 Å². The van der Waals surface area contributed by atoms with Gasteiger partial charge in [-0.1, -0.05) is 0 Å². The number of nitrogens with one attached hydrogen (secondary N) is 1. The number of pyridine rings is 2. The molecule has 1 amide bonds. The fourth-order valence-electron chi connectivity index (χ4n) is 2.46. The summed E-state index contributed by atoms with van der Waals surface area (Å²) in [6.45, 7) is 0. The molecule has 8 heteroatoms. The Hall–Kier alpha value is -3.16. The lowest BCUT2D eigenvalue weighted by Gasteiger charge is -2.11. The molecule has 3 rings (SSSR count). The molecule has 1 saturated carbocycles. The van der Waals surface area contributed by atoms with Crippen LogP contribution in [0.5, 0.6) is 0 Å². The first kappa shape index (κ1) is 16.7. The van der Waals surface area contributed by atoms with Crippen LogP contribution in [0, 0.1) is 11.8 Å². The third kappa shape index (κ3) is 3.68. The number of hydrogen-bond acceptors (Lipinski definition) is 4. The van der Waals surface area contributed by atoms with Crippen LogP contribution in [-0.2, 0) is 10.2 Å². The molecule has 1 fully saturated rings. The van der Waals surface area contributed by atoms with Crippen molar-refractivity contribution in [2.45, 2.75) is 18.3 Å². The molecule has 0 saturated heterocycles. The van der Waals surface area contributed by atoms with Crippen molar-refractivity contribution in [3.8, 4) is 0 Å². The van der Waals surface area contributed by atoms with E-state index in [1.165, 1.54) is 36.8 Å². The predicted octanol–water partition coefficient (Wildman–Crippen LogP) is 2.30. The van der Waals surface area contributed by atoms with Gasteiger partial charge in [0.25, 0.3) is 5.91 Å². The smallest absolute Gasteiger partial charge is 0.258 e. The van der Waals surface area contributed by atoms with E-state index in [4.69, 9.17) is 5.73 Å². The molecule has 1 aliphatic carbocycles. The fraction of sp³-hybridized carbons (Fsp3) is 0.176. The highest BCUT2D eigenvalue weighted by Gasteiger charge is 2.52. The van der Waals surface area contributed by atoms with Crippen molar-refractivity contribution in [2.75, 3.05) is 5.32 Å². The fourth-order valence-corrected chi connectivity index (χ4v) is 2.46. The Bertz CT molecular complexity index is 862. The number of nitrogens with two attached hydrogens (primary N) is 1.